The van der Waals surface area contributed by atoms with Crippen LogP contribution in [0.3, 0.4) is 0 Å². The van der Waals surface area contributed by atoms with Crippen LogP contribution in [0, 0.1) is 6.92 Å². The average molecular weight is 461 g/mol. The summed E-state index contributed by atoms with van der Waals surface area (Å²) in [6, 6.07) is 12.0. The lowest BCUT2D eigenvalue weighted by atomic mass is 10.2. The van der Waals surface area contributed by atoms with Crippen LogP contribution >= 0.6 is 35.1 Å². The van der Waals surface area contributed by atoms with Crippen molar-refractivity contribution in [2.24, 2.45) is 0 Å². The summed E-state index contributed by atoms with van der Waals surface area (Å²) < 4.78 is 2.14. The number of benzene rings is 2. The number of nitrogens with zero attached hydrogens (tertiary/aromatic N) is 4. The number of carbonyl (C=O) groups is 1. The van der Waals surface area contributed by atoms with E-state index in [2.05, 4.69) is 42.8 Å². The molecule has 5 nitrogen and oxygen atoms in total. The molecule has 2 aromatic carbocycles. The molecule has 0 aliphatic heterocycles. The summed E-state index contributed by atoms with van der Waals surface area (Å²) in [5.74, 6) is -0.0109. The molecule has 2 aromatic heterocycles. The Morgan fingerprint density at radius 3 is 2.53 bits per heavy atom. The van der Waals surface area contributed by atoms with Gasteiger partial charge >= 0.3 is 0 Å². The first-order chi connectivity index (χ1) is 14.1. The molecule has 0 bridgehead atoms. The summed E-state index contributed by atoms with van der Waals surface area (Å²) in [5, 5.41) is 0.757. The van der Waals surface area contributed by atoms with Gasteiger partial charge in [-0.1, -0.05) is 31.3 Å². The predicted octanol–water partition coefficient (Wildman–Crippen LogP) is 5.62. The van der Waals surface area contributed by atoms with Gasteiger partial charge in [0.2, 0.25) is 0 Å². The number of aryl methyl sites for hydroxylation is 1. The zero-order valence-corrected chi connectivity index (χ0v) is 19.7. The van der Waals surface area contributed by atoms with Gasteiger partial charge in [0, 0.05) is 18.7 Å². The van der Waals surface area contributed by atoms with Gasteiger partial charge in [-0.2, -0.15) is 0 Å². The first-order valence-corrected chi connectivity index (χ1v) is 11.5. The maximum atomic E-state index is 13.5. The van der Waals surface area contributed by atoms with Gasteiger partial charge in [0.15, 0.2) is 5.13 Å². The van der Waals surface area contributed by atoms with Crippen molar-refractivity contribution in [2.45, 2.75) is 20.8 Å². The van der Waals surface area contributed by atoms with Crippen molar-refractivity contribution >= 4 is 66.6 Å². The number of hydrogen-bond donors (Lipinski definition) is 0. The molecule has 1 amide bonds. The fourth-order valence-corrected chi connectivity index (χ4v) is 5.15. The van der Waals surface area contributed by atoms with Crippen molar-refractivity contribution in [3.63, 3.8) is 0 Å². The van der Waals surface area contributed by atoms with E-state index in [-0.39, 0.29) is 18.3 Å². The molecule has 8 heteroatoms. The maximum Gasteiger partial charge on any atom is 0.260 e. The molecule has 0 aliphatic rings. The molecule has 158 valence electrons. The molecule has 0 saturated heterocycles. The number of thiazole rings is 2. The van der Waals surface area contributed by atoms with Gasteiger partial charge in [-0.3, -0.25) is 9.69 Å². The molecule has 0 radical (unpaired) electrons. The Balaban J connectivity index is 0.00000256. The Bertz CT molecular complexity index is 1150. The van der Waals surface area contributed by atoms with Crippen LogP contribution in [0.4, 0.5) is 5.13 Å². The van der Waals surface area contributed by atoms with E-state index < -0.39 is 0 Å². The first-order valence-electron chi connectivity index (χ1n) is 9.83. The van der Waals surface area contributed by atoms with Crippen molar-refractivity contribution in [1.29, 1.82) is 0 Å². The zero-order chi connectivity index (χ0) is 20.4. The van der Waals surface area contributed by atoms with Crippen molar-refractivity contribution in [3.8, 4) is 0 Å². The van der Waals surface area contributed by atoms with Crippen molar-refractivity contribution in [1.82, 2.24) is 14.9 Å². The fraction of sp³-hybridized carbons (Fsp3) is 0.318. The minimum atomic E-state index is -0.0109. The highest BCUT2D eigenvalue weighted by molar-refractivity contribution is 7.22. The highest BCUT2D eigenvalue weighted by Gasteiger charge is 2.22. The molecule has 2 heterocycles. The van der Waals surface area contributed by atoms with E-state index in [4.69, 9.17) is 4.98 Å². The molecule has 0 unspecified atom stereocenters. The lowest BCUT2D eigenvalue weighted by Crippen LogP contribution is -2.38. The lowest BCUT2D eigenvalue weighted by Gasteiger charge is -2.24. The van der Waals surface area contributed by atoms with Crippen LogP contribution in [0.2, 0.25) is 0 Å². The molecular weight excluding hydrogens is 436 g/mol. The smallest absolute Gasteiger partial charge is 0.260 e. The Morgan fingerprint density at radius 1 is 1.00 bits per heavy atom. The van der Waals surface area contributed by atoms with E-state index >= 15 is 0 Å². The second-order valence-corrected chi connectivity index (χ2v) is 8.88. The van der Waals surface area contributed by atoms with Gasteiger partial charge in [0.1, 0.15) is 0 Å². The van der Waals surface area contributed by atoms with Crippen molar-refractivity contribution in [3.05, 3.63) is 53.0 Å². The number of halogens is 1. The van der Waals surface area contributed by atoms with Crippen molar-refractivity contribution in [2.75, 3.05) is 31.1 Å². The summed E-state index contributed by atoms with van der Waals surface area (Å²) in [5.41, 5.74) is 5.55. The molecule has 0 aliphatic carbocycles. The van der Waals surface area contributed by atoms with E-state index in [9.17, 15) is 4.79 Å². The lowest BCUT2D eigenvalue weighted by molar-refractivity contribution is 0.0984. The molecule has 4 rings (SSSR count). The SMILES string of the molecule is CCN(CC)CCN(C(=O)c1ccc2ncsc2c1)c1nc2ccc(C)cc2s1.Cl. The van der Waals surface area contributed by atoms with Gasteiger partial charge in [-0.25, -0.2) is 9.97 Å². The number of aromatic nitrogens is 2. The predicted molar refractivity (Wildman–Crippen MR) is 131 cm³/mol. The third-order valence-corrected chi connectivity index (χ3v) is 6.95. The summed E-state index contributed by atoms with van der Waals surface area (Å²) in [7, 11) is 0. The number of likely N-dealkylation sites (N-methyl/N-ethyl adjacent to an activating group) is 1. The highest BCUT2D eigenvalue weighted by atomic mass is 35.5. The third-order valence-electron chi connectivity index (χ3n) is 5.12. The van der Waals surface area contributed by atoms with Crippen LogP contribution in [0.15, 0.2) is 41.9 Å². The molecule has 30 heavy (non-hydrogen) atoms. The average Bonchev–Trinajstić information content (AvgIpc) is 3.36. The van der Waals surface area contributed by atoms with Crippen LogP contribution in [0.25, 0.3) is 20.4 Å². The molecule has 0 fully saturated rings. The van der Waals surface area contributed by atoms with E-state index in [0.29, 0.717) is 12.1 Å². The second kappa shape index (κ2) is 9.83. The molecule has 0 saturated carbocycles. The van der Waals surface area contributed by atoms with E-state index in [1.807, 2.05) is 34.7 Å². The molecule has 0 atom stereocenters. The summed E-state index contributed by atoms with van der Waals surface area (Å²) in [6.45, 7) is 9.72. The molecule has 0 N–H and O–H groups in total. The van der Waals surface area contributed by atoms with Crippen molar-refractivity contribution < 1.29 is 4.79 Å². The Kier molecular flexibility index (Phi) is 7.41. The van der Waals surface area contributed by atoms with Gasteiger partial charge in [0.05, 0.1) is 25.9 Å². The minimum absolute atomic E-state index is 0. The number of fused-ring (bicyclic) bond motifs is 2. The van der Waals surface area contributed by atoms with Gasteiger partial charge in [-0.15, -0.1) is 23.7 Å². The Hall–Kier alpha value is -2.06. The summed E-state index contributed by atoms with van der Waals surface area (Å²) >= 11 is 3.13. The van der Waals surface area contributed by atoms with Crippen LogP contribution in [-0.4, -0.2) is 47.0 Å². The van der Waals surface area contributed by atoms with Crippen LogP contribution in [0.5, 0.6) is 0 Å². The van der Waals surface area contributed by atoms with Gasteiger partial charge < -0.3 is 4.90 Å². The number of amides is 1. The van der Waals surface area contributed by atoms with Crippen LogP contribution < -0.4 is 4.90 Å². The number of carbonyl (C=O) groups excluding carboxylic acids is 1. The largest absolute Gasteiger partial charge is 0.302 e. The zero-order valence-electron chi connectivity index (χ0n) is 17.3. The Morgan fingerprint density at radius 2 is 1.77 bits per heavy atom. The van der Waals surface area contributed by atoms with Crippen LogP contribution in [0.1, 0.15) is 29.8 Å². The monoisotopic (exact) mass is 460 g/mol. The standard InChI is InChI=1S/C22H24N4OS2.ClH/c1-4-25(5-2)10-11-26(22-24-18-8-6-15(3)12-20(18)29-22)21(27)16-7-9-17-19(13-16)28-14-23-17;/h6-9,12-14H,4-5,10-11H2,1-3H3;1H. The number of rotatable bonds is 7. The normalized spacial score (nSPS) is 11.2. The molecule has 0 spiro atoms. The van der Waals surface area contributed by atoms with Crippen LogP contribution in [-0.2, 0) is 0 Å². The van der Waals surface area contributed by atoms with E-state index in [0.717, 1.165) is 45.2 Å². The number of hydrogen-bond acceptors (Lipinski definition) is 6. The highest BCUT2D eigenvalue weighted by Crippen LogP contribution is 2.31. The number of anilines is 1. The topological polar surface area (TPSA) is 49.3 Å². The maximum absolute atomic E-state index is 13.5. The molecule has 4 aromatic rings. The first kappa shape index (κ1) is 22.6. The molecular formula is C22H25ClN4OS2. The van der Waals surface area contributed by atoms with E-state index in [1.54, 1.807) is 22.7 Å². The second-order valence-electron chi connectivity index (χ2n) is 6.99. The summed E-state index contributed by atoms with van der Waals surface area (Å²) in [6.07, 6.45) is 0. The minimum Gasteiger partial charge on any atom is -0.302 e. The third kappa shape index (κ3) is 4.64. The summed E-state index contributed by atoms with van der Waals surface area (Å²) in [4.78, 5) is 26.8. The van der Waals surface area contributed by atoms with Gasteiger partial charge in [-0.05, 0) is 55.9 Å². The fourth-order valence-electron chi connectivity index (χ4n) is 3.34. The van der Waals surface area contributed by atoms with Gasteiger partial charge in [0.25, 0.3) is 5.91 Å². The quantitative estimate of drug-likeness (QED) is 0.359. The van der Waals surface area contributed by atoms with E-state index in [1.165, 1.54) is 5.56 Å². The Labute approximate surface area is 190 Å².